The smallest absolute Gasteiger partial charge is 0.338 e. The maximum atomic E-state index is 12.8. The van der Waals surface area contributed by atoms with Gasteiger partial charge in [0, 0.05) is 4.32 Å². The molecule has 4 saturated carbocycles. The van der Waals surface area contributed by atoms with Crippen molar-refractivity contribution < 1.29 is 28.6 Å². The van der Waals surface area contributed by atoms with E-state index in [4.69, 9.17) is 14.2 Å². The zero-order chi connectivity index (χ0) is 20.8. The number of hydrogen-bond acceptors (Lipinski definition) is 6. The van der Waals surface area contributed by atoms with Gasteiger partial charge in [0.05, 0.1) is 31.8 Å². The Bertz CT molecular complexity index is 815. The standard InChI is InChI=1S/C22H25BrO6/c1-27-19(25)15-4-16(20(26)28-2)6-17(5-15)29-18(24)11-21-7-13-3-14(8-21)10-22(23,9-13)12-21/h4-6,13-14H,3,7-12H2,1-2H3/t13-,14-,21?,22?/m0/s1. The van der Waals surface area contributed by atoms with Crippen LogP contribution in [0.25, 0.3) is 0 Å². The summed E-state index contributed by atoms with van der Waals surface area (Å²) in [5, 5.41) is 0. The van der Waals surface area contributed by atoms with Crippen LogP contribution in [0.5, 0.6) is 5.75 Å². The molecule has 0 heterocycles. The van der Waals surface area contributed by atoms with Crippen LogP contribution >= 0.6 is 15.9 Å². The summed E-state index contributed by atoms with van der Waals surface area (Å²) < 4.78 is 15.2. The van der Waals surface area contributed by atoms with Crippen molar-refractivity contribution in [3.05, 3.63) is 29.3 Å². The van der Waals surface area contributed by atoms with Crippen LogP contribution in [0.2, 0.25) is 0 Å². The number of alkyl halides is 1. The van der Waals surface area contributed by atoms with Crippen LogP contribution in [0.3, 0.4) is 0 Å². The normalized spacial score (nSPS) is 32.0. The summed E-state index contributed by atoms with van der Waals surface area (Å²) in [6, 6.07) is 4.20. The van der Waals surface area contributed by atoms with Gasteiger partial charge < -0.3 is 14.2 Å². The summed E-state index contributed by atoms with van der Waals surface area (Å²) in [6.45, 7) is 0. The highest BCUT2D eigenvalue weighted by Crippen LogP contribution is 2.65. The second-order valence-electron chi connectivity index (χ2n) is 8.99. The van der Waals surface area contributed by atoms with Crippen LogP contribution in [-0.2, 0) is 14.3 Å². The molecule has 2 atom stereocenters. The molecule has 5 rings (SSSR count). The molecule has 6 nitrogen and oxygen atoms in total. The third kappa shape index (κ3) is 4.06. The quantitative estimate of drug-likeness (QED) is 0.367. The Kier molecular flexibility index (Phi) is 5.21. The number of carbonyl (C=O) groups is 3. The van der Waals surface area contributed by atoms with Gasteiger partial charge in [-0.1, -0.05) is 15.9 Å². The molecule has 0 aromatic heterocycles. The lowest BCUT2D eigenvalue weighted by Crippen LogP contribution is -2.53. The predicted molar refractivity (Wildman–Crippen MR) is 108 cm³/mol. The zero-order valence-electron chi connectivity index (χ0n) is 16.7. The van der Waals surface area contributed by atoms with Crippen LogP contribution in [0, 0.1) is 17.3 Å². The van der Waals surface area contributed by atoms with Crippen LogP contribution in [0.1, 0.15) is 65.7 Å². The molecule has 29 heavy (non-hydrogen) atoms. The van der Waals surface area contributed by atoms with E-state index in [1.54, 1.807) is 0 Å². The first kappa shape index (κ1) is 20.4. The molecule has 0 N–H and O–H groups in total. The van der Waals surface area contributed by atoms with E-state index in [9.17, 15) is 14.4 Å². The topological polar surface area (TPSA) is 78.9 Å². The van der Waals surface area contributed by atoms with E-state index >= 15 is 0 Å². The number of hydrogen-bond donors (Lipinski definition) is 0. The third-order valence-corrected chi connectivity index (χ3v) is 7.54. The highest BCUT2D eigenvalue weighted by atomic mass is 79.9. The van der Waals surface area contributed by atoms with E-state index in [-0.39, 0.29) is 32.6 Å². The fourth-order valence-corrected chi connectivity index (χ4v) is 7.66. The molecule has 4 aliphatic rings. The molecule has 0 amide bonds. The molecule has 0 unspecified atom stereocenters. The van der Waals surface area contributed by atoms with Crippen LogP contribution < -0.4 is 4.74 Å². The Morgan fingerprint density at radius 1 is 0.966 bits per heavy atom. The maximum Gasteiger partial charge on any atom is 0.338 e. The summed E-state index contributed by atoms with van der Waals surface area (Å²) in [7, 11) is 2.50. The van der Waals surface area contributed by atoms with Crippen molar-refractivity contribution >= 4 is 33.8 Å². The minimum Gasteiger partial charge on any atom is -0.465 e. The number of ether oxygens (including phenoxy) is 3. The minimum atomic E-state index is -0.615. The molecule has 0 saturated heterocycles. The lowest BCUT2D eigenvalue weighted by molar-refractivity contribution is -0.141. The van der Waals surface area contributed by atoms with Gasteiger partial charge in [0.15, 0.2) is 0 Å². The average molecular weight is 465 g/mol. The van der Waals surface area contributed by atoms with Gasteiger partial charge in [-0.2, -0.15) is 0 Å². The van der Waals surface area contributed by atoms with E-state index in [0.29, 0.717) is 18.3 Å². The fourth-order valence-electron chi connectivity index (χ4n) is 6.15. The van der Waals surface area contributed by atoms with E-state index < -0.39 is 11.9 Å². The Labute approximate surface area is 178 Å². The average Bonchev–Trinajstić information content (AvgIpc) is 2.63. The molecule has 0 radical (unpaired) electrons. The Hall–Kier alpha value is -1.89. The van der Waals surface area contributed by atoms with E-state index in [1.165, 1.54) is 51.7 Å². The molecular weight excluding hydrogens is 440 g/mol. The molecule has 1 aromatic carbocycles. The van der Waals surface area contributed by atoms with Gasteiger partial charge in [-0.05, 0) is 74.0 Å². The molecule has 156 valence electrons. The predicted octanol–water partition coefficient (Wildman–Crippen LogP) is 4.29. The number of methoxy groups -OCH3 is 2. The van der Waals surface area contributed by atoms with Crippen LogP contribution in [-0.4, -0.2) is 36.5 Å². The number of carbonyl (C=O) groups excluding carboxylic acids is 3. The number of benzene rings is 1. The Morgan fingerprint density at radius 2 is 1.52 bits per heavy atom. The molecular formula is C22H25BrO6. The maximum absolute atomic E-state index is 12.8. The first-order chi connectivity index (χ1) is 13.7. The summed E-state index contributed by atoms with van der Waals surface area (Å²) in [4.78, 5) is 36.7. The fraction of sp³-hybridized carbons (Fsp3) is 0.591. The van der Waals surface area contributed by atoms with Crippen LogP contribution in [0.4, 0.5) is 0 Å². The van der Waals surface area contributed by atoms with E-state index in [1.807, 2.05) is 0 Å². The SMILES string of the molecule is COC(=O)c1cc(OC(=O)CC23C[C@@H]4C[C@H](CC(Br)(C4)C2)C3)cc(C(=O)OC)c1. The second kappa shape index (κ2) is 7.42. The minimum absolute atomic E-state index is 0.0181. The lowest BCUT2D eigenvalue weighted by Gasteiger charge is -2.60. The molecule has 7 heteroatoms. The van der Waals surface area contributed by atoms with Crippen molar-refractivity contribution in [3.8, 4) is 5.75 Å². The van der Waals surface area contributed by atoms with Gasteiger partial charge >= 0.3 is 17.9 Å². The molecule has 1 aromatic rings. The largest absolute Gasteiger partial charge is 0.465 e. The molecule has 0 aliphatic heterocycles. The summed E-state index contributed by atoms with van der Waals surface area (Å²) in [5.74, 6) is -0.0581. The summed E-state index contributed by atoms with van der Waals surface area (Å²) in [6.07, 6.45) is 7.16. The van der Waals surface area contributed by atoms with Crippen molar-refractivity contribution in [1.82, 2.24) is 0 Å². The lowest BCUT2D eigenvalue weighted by atomic mass is 9.49. The van der Waals surface area contributed by atoms with Gasteiger partial charge in [-0.25, -0.2) is 9.59 Å². The first-order valence-corrected chi connectivity index (χ1v) is 10.7. The monoisotopic (exact) mass is 464 g/mol. The molecule has 4 bridgehead atoms. The number of esters is 3. The van der Waals surface area contributed by atoms with Crippen molar-refractivity contribution in [2.75, 3.05) is 14.2 Å². The molecule has 4 fully saturated rings. The summed E-state index contributed by atoms with van der Waals surface area (Å²) >= 11 is 3.96. The Morgan fingerprint density at radius 3 is 2.00 bits per heavy atom. The highest BCUT2D eigenvalue weighted by Gasteiger charge is 2.57. The summed E-state index contributed by atoms with van der Waals surface area (Å²) in [5.41, 5.74) is 0.246. The van der Waals surface area contributed by atoms with Gasteiger partial charge in [-0.3, -0.25) is 4.79 Å². The van der Waals surface area contributed by atoms with Crippen molar-refractivity contribution in [2.24, 2.45) is 17.3 Å². The van der Waals surface area contributed by atoms with Gasteiger partial charge in [0.25, 0.3) is 0 Å². The van der Waals surface area contributed by atoms with E-state index in [0.717, 1.165) is 19.3 Å². The van der Waals surface area contributed by atoms with Crippen LogP contribution in [0.15, 0.2) is 18.2 Å². The Balaban J connectivity index is 1.52. The highest BCUT2D eigenvalue weighted by molar-refractivity contribution is 9.10. The second-order valence-corrected chi connectivity index (χ2v) is 10.7. The number of halogens is 1. The van der Waals surface area contributed by atoms with Crippen molar-refractivity contribution in [3.63, 3.8) is 0 Å². The van der Waals surface area contributed by atoms with Crippen molar-refractivity contribution in [1.29, 1.82) is 0 Å². The number of rotatable bonds is 5. The van der Waals surface area contributed by atoms with E-state index in [2.05, 4.69) is 15.9 Å². The first-order valence-electron chi connectivity index (χ1n) is 9.94. The third-order valence-electron chi connectivity index (χ3n) is 6.61. The van der Waals surface area contributed by atoms with Crippen molar-refractivity contribution in [2.45, 2.75) is 49.3 Å². The molecule has 4 aliphatic carbocycles. The molecule has 0 spiro atoms. The zero-order valence-corrected chi connectivity index (χ0v) is 18.2. The van der Waals surface area contributed by atoms with Gasteiger partial charge in [0.2, 0.25) is 0 Å². The van der Waals surface area contributed by atoms with Gasteiger partial charge in [-0.15, -0.1) is 0 Å². The van der Waals surface area contributed by atoms with Gasteiger partial charge in [0.1, 0.15) is 5.75 Å².